The minimum atomic E-state index is -1.21. The lowest BCUT2D eigenvalue weighted by molar-refractivity contribution is -0.145. The summed E-state index contributed by atoms with van der Waals surface area (Å²) in [5, 5.41) is 15.0. The van der Waals surface area contributed by atoms with E-state index in [0.717, 1.165) is 0 Å². The minimum absolute atomic E-state index is 0.00712. The maximum absolute atomic E-state index is 13.9. The topological polar surface area (TPSA) is 177 Å². The monoisotopic (exact) mass is 520 g/mol. The molecule has 1 aromatic rings. The number of benzene rings is 1. The molecule has 2 rings (SSSR count). The van der Waals surface area contributed by atoms with Crippen LogP contribution in [0.5, 0.6) is 5.75 Å². The van der Waals surface area contributed by atoms with Crippen molar-refractivity contribution in [1.82, 2.24) is 15.5 Å². The molecular formula is C25H36N4O8. The first-order valence-corrected chi connectivity index (χ1v) is 12.0. The van der Waals surface area contributed by atoms with Crippen molar-refractivity contribution in [3.63, 3.8) is 0 Å². The Balaban J connectivity index is 2.47. The molecule has 4 amide bonds. The molecule has 0 spiro atoms. The van der Waals surface area contributed by atoms with Crippen LogP contribution in [0.3, 0.4) is 0 Å². The number of primary amides is 1. The lowest BCUT2D eigenvalue weighted by atomic mass is 9.99. The Kier molecular flexibility index (Phi) is 9.87. The number of nitrogens with two attached hydrogens (primary N) is 1. The second-order valence-electron chi connectivity index (χ2n) is 9.92. The van der Waals surface area contributed by atoms with Gasteiger partial charge in [-0.1, -0.05) is 6.07 Å². The number of aryl methyl sites for hydroxylation is 1. The van der Waals surface area contributed by atoms with Crippen molar-refractivity contribution < 1.29 is 38.6 Å². The number of methoxy groups -OCH3 is 1. The zero-order valence-corrected chi connectivity index (χ0v) is 21.8. The van der Waals surface area contributed by atoms with Crippen molar-refractivity contribution in [2.75, 3.05) is 13.7 Å². The molecule has 12 nitrogen and oxygen atoms in total. The Morgan fingerprint density at radius 2 is 1.84 bits per heavy atom. The average Bonchev–Trinajstić information content (AvgIpc) is 3.63. The average molecular weight is 521 g/mol. The third-order valence-electron chi connectivity index (χ3n) is 5.56. The van der Waals surface area contributed by atoms with Crippen LogP contribution < -0.4 is 16.4 Å². The summed E-state index contributed by atoms with van der Waals surface area (Å²) in [7, 11) is 1.18. The number of hydrogen-bond acceptors (Lipinski definition) is 8. The fourth-order valence-corrected chi connectivity index (χ4v) is 3.66. The van der Waals surface area contributed by atoms with Gasteiger partial charge >= 0.3 is 12.1 Å². The number of phenols is 1. The van der Waals surface area contributed by atoms with E-state index in [9.17, 15) is 29.1 Å². The molecule has 1 aromatic carbocycles. The highest BCUT2D eigenvalue weighted by Gasteiger charge is 2.44. The first-order valence-electron chi connectivity index (χ1n) is 12.0. The Morgan fingerprint density at radius 3 is 2.35 bits per heavy atom. The molecule has 1 saturated carbocycles. The van der Waals surface area contributed by atoms with Crippen LogP contribution in [0.4, 0.5) is 4.79 Å². The summed E-state index contributed by atoms with van der Waals surface area (Å²) in [6.07, 6.45) is 0.0550. The van der Waals surface area contributed by atoms with Gasteiger partial charge in [0.05, 0.1) is 7.11 Å². The van der Waals surface area contributed by atoms with Gasteiger partial charge < -0.3 is 35.8 Å². The molecular weight excluding hydrogens is 484 g/mol. The van der Waals surface area contributed by atoms with Crippen LogP contribution in [0.25, 0.3) is 0 Å². The zero-order chi connectivity index (χ0) is 27.9. The number of ether oxygens (including phenoxy) is 2. The van der Waals surface area contributed by atoms with Crippen molar-refractivity contribution in [1.29, 1.82) is 0 Å². The summed E-state index contributed by atoms with van der Waals surface area (Å²) in [4.78, 5) is 64.3. The Morgan fingerprint density at radius 1 is 1.19 bits per heavy atom. The standard InChI is InChI=1S/C25H36N4O8/c1-14-12-15(6-10-18(14)30)21(22(33)27-13-20(32)36-5)29(16-7-8-16)23(34)17(9-11-19(26)31)28-24(35)37-25(2,3)4/h6,10,12,16-17,21,30H,7-9,11,13H2,1-5H3,(H2,26,31)(H,27,33)(H,28,35). The number of amides is 4. The van der Waals surface area contributed by atoms with E-state index in [4.69, 9.17) is 10.5 Å². The van der Waals surface area contributed by atoms with Gasteiger partial charge in [-0.3, -0.25) is 19.2 Å². The predicted octanol–water partition coefficient (Wildman–Crippen LogP) is 1.18. The van der Waals surface area contributed by atoms with E-state index in [1.54, 1.807) is 33.8 Å². The number of carbonyl (C=O) groups is 5. The van der Waals surface area contributed by atoms with Crippen molar-refractivity contribution in [3.8, 4) is 5.75 Å². The number of nitrogens with zero attached hydrogens (tertiary/aromatic N) is 1. The molecule has 0 aromatic heterocycles. The SMILES string of the molecule is COC(=O)CNC(=O)C(c1ccc(O)c(C)c1)N(C(=O)C(CCC(N)=O)NC(=O)OC(C)(C)C)C1CC1. The van der Waals surface area contributed by atoms with Crippen molar-refractivity contribution >= 4 is 29.8 Å². The summed E-state index contributed by atoms with van der Waals surface area (Å²) in [6.45, 7) is 6.22. The molecule has 2 atom stereocenters. The van der Waals surface area contributed by atoms with Crippen LogP contribution in [-0.2, 0) is 28.7 Å². The number of nitrogens with one attached hydrogen (secondary N) is 2. The normalized spacial score (nSPS) is 14.6. The van der Waals surface area contributed by atoms with E-state index in [-0.39, 0.29) is 24.6 Å². The summed E-state index contributed by atoms with van der Waals surface area (Å²) in [5.41, 5.74) is 5.33. The summed E-state index contributed by atoms with van der Waals surface area (Å²) in [6, 6.07) is 1.75. The molecule has 204 valence electrons. The molecule has 0 heterocycles. The Labute approximate surface area is 215 Å². The van der Waals surface area contributed by atoms with E-state index in [0.29, 0.717) is 24.0 Å². The molecule has 0 bridgehead atoms. The van der Waals surface area contributed by atoms with E-state index in [1.165, 1.54) is 24.1 Å². The minimum Gasteiger partial charge on any atom is -0.508 e. The van der Waals surface area contributed by atoms with Crippen LogP contribution in [0.2, 0.25) is 0 Å². The van der Waals surface area contributed by atoms with Gasteiger partial charge in [0.25, 0.3) is 0 Å². The molecule has 1 aliphatic rings. The number of rotatable bonds is 11. The highest BCUT2D eigenvalue weighted by atomic mass is 16.6. The first kappa shape index (κ1) is 29.4. The lowest BCUT2D eigenvalue weighted by Gasteiger charge is -2.34. The Bertz CT molecular complexity index is 1030. The summed E-state index contributed by atoms with van der Waals surface area (Å²) >= 11 is 0. The van der Waals surface area contributed by atoms with Crippen LogP contribution in [0.1, 0.15) is 63.6 Å². The van der Waals surface area contributed by atoms with E-state index >= 15 is 0 Å². The number of esters is 1. The number of aromatic hydroxyl groups is 1. The number of alkyl carbamates (subject to hydrolysis) is 1. The molecule has 0 saturated heterocycles. The molecule has 5 N–H and O–H groups in total. The summed E-state index contributed by atoms with van der Waals surface area (Å²) < 4.78 is 9.88. The van der Waals surface area contributed by atoms with Gasteiger partial charge in [-0.25, -0.2) is 4.79 Å². The summed E-state index contributed by atoms with van der Waals surface area (Å²) in [5.74, 6) is -2.60. The van der Waals surface area contributed by atoms with Crippen LogP contribution >= 0.6 is 0 Å². The maximum Gasteiger partial charge on any atom is 0.408 e. The van der Waals surface area contributed by atoms with Crippen molar-refractivity contribution in [2.45, 2.75) is 77.1 Å². The van der Waals surface area contributed by atoms with Gasteiger partial charge in [-0.2, -0.15) is 0 Å². The second-order valence-corrected chi connectivity index (χ2v) is 9.92. The van der Waals surface area contributed by atoms with E-state index in [2.05, 4.69) is 15.4 Å². The molecule has 0 radical (unpaired) electrons. The predicted molar refractivity (Wildman–Crippen MR) is 132 cm³/mol. The molecule has 37 heavy (non-hydrogen) atoms. The molecule has 2 unspecified atom stereocenters. The largest absolute Gasteiger partial charge is 0.508 e. The van der Waals surface area contributed by atoms with Gasteiger partial charge in [0.2, 0.25) is 17.7 Å². The molecule has 0 aliphatic heterocycles. The third kappa shape index (κ3) is 8.96. The van der Waals surface area contributed by atoms with Crippen LogP contribution in [-0.4, -0.2) is 71.1 Å². The van der Waals surface area contributed by atoms with Crippen LogP contribution in [0.15, 0.2) is 18.2 Å². The maximum atomic E-state index is 13.9. The van der Waals surface area contributed by atoms with Gasteiger partial charge in [0.1, 0.15) is 30.0 Å². The van der Waals surface area contributed by atoms with Gasteiger partial charge in [-0.15, -0.1) is 0 Å². The van der Waals surface area contributed by atoms with E-state index < -0.39 is 54.0 Å². The molecule has 1 fully saturated rings. The fourth-order valence-electron chi connectivity index (χ4n) is 3.66. The fraction of sp³-hybridized carbons (Fsp3) is 0.560. The number of phenolic OH excluding ortho intramolecular Hbond substituents is 1. The van der Waals surface area contributed by atoms with E-state index in [1.807, 2.05) is 0 Å². The lowest BCUT2D eigenvalue weighted by Crippen LogP contribution is -2.54. The smallest absolute Gasteiger partial charge is 0.408 e. The third-order valence-corrected chi connectivity index (χ3v) is 5.56. The first-order chi connectivity index (χ1) is 17.2. The van der Waals surface area contributed by atoms with Gasteiger partial charge in [0, 0.05) is 12.5 Å². The number of carbonyl (C=O) groups excluding carboxylic acids is 5. The second kappa shape index (κ2) is 12.4. The number of hydrogen-bond donors (Lipinski definition) is 4. The van der Waals surface area contributed by atoms with Crippen molar-refractivity contribution in [2.24, 2.45) is 5.73 Å². The molecule has 12 heteroatoms. The highest BCUT2D eigenvalue weighted by Crippen LogP contribution is 2.37. The van der Waals surface area contributed by atoms with Crippen LogP contribution in [0, 0.1) is 6.92 Å². The Hall–Kier alpha value is -3.83. The highest BCUT2D eigenvalue weighted by molar-refractivity contribution is 5.94. The van der Waals surface area contributed by atoms with Crippen molar-refractivity contribution in [3.05, 3.63) is 29.3 Å². The van der Waals surface area contributed by atoms with Gasteiger partial charge in [-0.05, 0) is 70.2 Å². The quantitative estimate of drug-likeness (QED) is 0.314. The van der Waals surface area contributed by atoms with Gasteiger partial charge in [0.15, 0.2) is 0 Å². The zero-order valence-electron chi connectivity index (χ0n) is 21.8. The molecule has 1 aliphatic carbocycles.